The number of benzene rings is 1. The molecule has 4 aromatic rings. The number of nitrogen functional groups attached to an aromatic ring is 1. The van der Waals surface area contributed by atoms with Gasteiger partial charge in [-0.25, -0.2) is 15.0 Å². The average Bonchev–Trinajstić information content (AvgIpc) is 3.29. The lowest BCUT2D eigenvalue weighted by Gasteiger charge is -2.27. The van der Waals surface area contributed by atoms with Crippen molar-refractivity contribution >= 4 is 55.4 Å². The van der Waals surface area contributed by atoms with Crippen LogP contribution < -0.4 is 5.73 Å². The van der Waals surface area contributed by atoms with E-state index in [1.807, 2.05) is 48.9 Å². The molecule has 4 N–H and O–H groups in total. The van der Waals surface area contributed by atoms with E-state index < -0.39 is 17.0 Å². The lowest BCUT2D eigenvalue weighted by atomic mass is 9.92. The Hall–Kier alpha value is -2.20. The normalized spacial score (nSPS) is 25.7. The molecule has 0 bridgehead atoms. The van der Waals surface area contributed by atoms with Crippen molar-refractivity contribution in [2.24, 2.45) is 0 Å². The number of thioether (sulfide) groups is 1. The number of hydrogen-bond donors (Lipinski definition) is 3. The fourth-order valence-electron chi connectivity index (χ4n) is 4.41. The van der Waals surface area contributed by atoms with E-state index in [9.17, 15) is 10.2 Å². The molecule has 4 atom stereocenters. The number of anilines is 1. The number of aryl methyl sites for hydroxylation is 2. The van der Waals surface area contributed by atoms with Crippen LogP contribution in [-0.2, 0) is 6.42 Å². The van der Waals surface area contributed by atoms with Crippen LogP contribution in [0.4, 0.5) is 5.82 Å². The quantitative estimate of drug-likeness (QED) is 0.378. The lowest BCUT2D eigenvalue weighted by molar-refractivity contribution is 0.000371. The molecule has 7 nitrogen and oxygen atoms in total. The van der Waals surface area contributed by atoms with Gasteiger partial charge in [0.2, 0.25) is 0 Å². The molecule has 0 saturated carbocycles. The fraction of sp³-hybridized carbons (Fsp3) is 0.348. The van der Waals surface area contributed by atoms with Crippen LogP contribution in [0.25, 0.3) is 21.9 Å². The summed E-state index contributed by atoms with van der Waals surface area (Å²) in [4.78, 5) is 13.1. The van der Waals surface area contributed by atoms with Gasteiger partial charge in [0.1, 0.15) is 29.3 Å². The third-order valence-corrected chi connectivity index (χ3v) is 8.75. The number of rotatable bonds is 4. The number of aliphatic hydroxyl groups is 2. The predicted octanol–water partition coefficient (Wildman–Crippen LogP) is 3.99. The summed E-state index contributed by atoms with van der Waals surface area (Å²) in [7, 11) is 0. The third kappa shape index (κ3) is 3.57. The Labute approximate surface area is 198 Å². The molecule has 5 rings (SSSR count). The molecular formula is C23H24BrN5O2S. The van der Waals surface area contributed by atoms with Crippen molar-refractivity contribution in [1.82, 2.24) is 19.5 Å². The van der Waals surface area contributed by atoms with Crippen LogP contribution in [0.5, 0.6) is 0 Å². The van der Waals surface area contributed by atoms with E-state index in [4.69, 9.17) is 5.73 Å². The van der Waals surface area contributed by atoms with Crippen molar-refractivity contribution in [3.05, 3.63) is 58.6 Å². The van der Waals surface area contributed by atoms with E-state index in [2.05, 4.69) is 36.9 Å². The van der Waals surface area contributed by atoms with E-state index in [0.29, 0.717) is 12.2 Å². The SMILES string of the molecule is Cc1ncnc2c1ccn2C1SC(C)(CCc2ccc3cc(Br)c(N)nc3c2)C(O)C1O. The van der Waals surface area contributed by atoms with Crippen LogP contribution in [-0.4, -0.2) is 46.7 Å². The largest absolute Gasteiger partial charge is 0.389 e. The Morgan fingerprint density at radius 3 is 2.84 bits per heavy atom. The first kappa shape index (κ1) is 21.6. The molecule has 4 unspecified atom stereocenters. The summed E-state index contributed by atoms with van der Waals surface area (Å²) >= 11 is 5.01. The van der Waals surface area contributed by atoms with Crippen LogP contribution in [0.15, 0.2) is 47.3 Å². The van der Waals surface area contributed by atoms with Gasteiger partial charge in [-0.1, -0.05) is 12.1 Å². The fourth-order valence-corrected chi connectivity index (χ4v) is 6.37. The van der Waals surface area contributed by atoms with Crippen LogP contribution in [0, 0.1) is 6.92 Å². The Bertz CT molecular complexity index is 1330. The Kier molecular flexibility index (Phi) is 5.40. The summed E-state index contributed by atoms with van der Waals surface area (Å²) in [5.41, 5.74) is 9.58. The van der Waals surface area contributed by atoms with Crippen LogP contribution in [0.3, 0.4) is 0 Å². The van der Waals surface area contributed by atoms with Gasteiger partial charge < -0.3 is 20.5 Å². The van der Waals surface area contributed by atoms with Crippen LogP contribution in [0.2, 0.25) is 0 Å². The highest BCUT2D eigenvalue weighted by Crippen LogP contribution is 2.52. The van der Waals surface area contributed by atoms with Gasteiger partial charge in [0.05, 0.1) is 21.8 Å². The van der Waals surface area contributed by atoms with Gasteiger partial charge in [0.25, 0.3) is 0 Å². The zero-order chi connectivity index (χ0) is 22.6. The van der Waals surface area contributed by atoms with E-state index in [1.54, 1.807) is 11.8 Å². The maximum absolute atomic E-state index is 11.0. The number of fused-ring (bicyclic) bond motifs is 2. The minimum absolute atomic E-state index is 0.322. The number of nitrogens with two attached hydrogens (primary N) is 1. The molecule has 1 saturated heterocycles. The molecule has 1 aliphatic rings. The highest BCUT2D eigenvalue weighted by atomic mass is 79.9. The number of aromatic nitrogens is 4. The zero-order valence-electron chi connectivity index (χ0n) is 17.7. The summed E-state index contributed by atoms with van der Waals surface area (Å²) in [6.45, 7) is 3.96. The first-order valence-corrected chi connectivity index (χ1v) is 12.1. The molecule has 0 spiro atoms. The Balaban J connectivity index is 1.38. The second kappa shape index (κ2) is 7.98. The first-order valence-electron chi connectivity index (χ1n) is 10.4. The third-order valence-electron chi connectivity index (χ3n) is 6.39. The molecule has 1 aromatic carbocycles. The summed E-state index contributed by atoms with van der Waals surface area (Å²) < 4.78 is 2.23. The van der Waals surface area contributed by atoms with Gasteiger partial charge in [-0.3, -0.25) is 0 Å². The number of nitrogens with zero attached hydrogens (tertiary/aromatic N) is 4. The van der Waals surface area contributed by atoms with Crippen molar-refractivity contribution in [3.8, 4) is 0 Å². The molecule has 166 valence electrons. The van der Waals surface area contributed by atoms with Crippen molar-refractivity contribution in [3.63, 3.8) is 0 Å². The lowest BCUT2D eigenvalue weighted by Crippen LogP contribution is -2.39. The Morgan fingerprint density at radius 1 is 1.22 bits per heavy atom. The Morgan fingerprint density at radius 2 is 2.03 bits per heavy atom. The minimum Gasteiger partial charge on any atom is -0.389 e. The topological polar surface area (TPSA) is 110 Å². The van der Waals surface area contributed by atoms with E-state index in [-0.39, 0.29) is 5.37 Å². The minimum atomic E-state index is -0.897. The highest BCUT2D eigenvalue weighted by Gasteiger charge is 2.51. The standard InChI is InChI=1S/C23H24BrN5O2S/c1-12-15-6-8-29(21(15)27-11-26-12)22-18(30)19(31)23(2,32-22)7-5-13-3-4-14-10-16(24)20(25)28-17(14)9-13/h3-4,6,8-11,18-19,22,30-31H,5,7H2,1-2H3,(H2,25,28). The van der Waals surface area contributed by atoms with Gasteiger partial charge in [0.15, 0.2) is 0 Å². The highest BCUT2D eigenvalue weighted by molar-refractivity contribution is 9.10. The molecule has 0 aliphatic carbocycles. The second-order valence-corrected chi connectivity index (χ2v) is 11.1. The predicted molar refractivity (Wildman–Crippen MR) is 131 cm³/mol. The van der Waals surface area contributed by atoms with Gasteiger partial charge in [-0.05, 0) is 66.4 Å². The molecule has 1 aliphatic heterocycles. The monoisotopic (exact) mass is 513 g/mol. The summed E-state index contributed by atoms with van der Waals surface area (Å²) in [5.74, 6) is 0.465. The zero-order valence-corrected chi connectivity index (χ0v) is 20.1. The van der Waals surface area contributed by atoms with E-state index in [1.165, 1.54) is 6.33 Å². The molecule has 1 fully saturated rings. The van der Waals surface area contributed by atoms with E-state index in [0.717, 1.165) is 44.1 Å². The van der Waals surface area contributed by atoms with Gasteiger partial charge in [0, 0.05) is 21.7 Å². The molecule has 0 radical (unpaired) electrons. The number of aliphatic hydroxyl groups excluding tert-OH is 2. The molecular weight excluding hydrogens is 490 g/mol. The molecule has 32 heavy (non-hydrogen) atoms. The summed E-state index contributed by atoms with van der Waals surface area (Å²) in [5, 5.41) is 23.6. The molecule has 0 amide bonds. The number of halogens is 1. The van der Waals surface area contributed by atoms with Crippen molar-refractivity contribution < 1.29 is 10.2 Å². The number of pyridine rings is 1. The summed E-state index contributed by atoms with van der Waals surface area (Å²) in [6, 6.07) is 10.1. The maximum atomic E-state index is 11.0. The molecule has 4 heterocycles. The second-order valence-electron chi connectivity index (χ2n) is 8.56. The van der Waals surface area contributed by atoms with Gasteiger partial charge in [-0.2, -0.15) is 0 Å². The smallest absolute Gasteiger partial charge is 0.144 e. The van der Waals surface area contributed by atoms with Gasteiger partial charge in [-0.15, -0.1) is 11.8 Å². The van der Waals surface area contributed by atoms with Crippen molar-refractivity contribution in [2.75, 3.05) is 5.73 Å². The molecule has 3 aromatic heterocycles. The first-order chi connectivity index (χ1) is 15.3. The maximum Gasteiger partial charge on any atom is 0.144 e. The van der Waals surface area contributed by atoms with E-state index >= 15 is 0 Å². The average molecular weight is 514 g/mol. The molecule has 9 heteroatoms. The van der Waals surface area contributed by atoms with Crippen LogP contribution >= 0.6 is 27.7 Å². The van der Waals surface area contributed by atoms with Crippen LogP contribution in [0.1, 0.15) is 30.0 Å². The summed E-state index contributed by atoms with van der Waals surface area (Å²) in [6.07, 6.45) is 3.16. The van der Waals surface area contributed by atoms with Crippen molar-refractivity contribution in [2.45, 2.75) is 49.0 Å². The van der Waals surface area contributed by atoms with Crippen molar-refractivity contribution in [1.29, 1.82) is 0 Å². The van der Waals surface area contributed by atoms with Gasteiger partial charge >= 0.3 is 0 Å². The number of hydrogen-bond acceptors (Lipinski definition) is 7.